The SMILES string of the molecule is CC(=O)[O-].CCCCC1CC[NH+](CCCC)C1. The van der Waals surface area contributed by atoms with Crippen LogP contribution in [0.4, 0.5) is 0 Å². The number of nitrogens with one attached hydrogen (secondary N) is 1. The van der Waals surface area contributed by atoms with Crippen LogP contribution in [0.25, 0.3) is 0 Å². The molecule has 102 valence electrons. The van der Waals surface area contributed by atoms with E-state index in [9.17, 15) is 0 Å². The summed E-state index contributed by atoms with van der Waals surface area (Å²) in [7, 11) is 0. The second-order valence-electron chi connectivity index (χ2n) is 5.10. The normalized spacial score (nSPS) is 23.0. The number of carboxylic acids is 1. The molecule has 2 unspecified atom stereocenters. The van der Waals surface area contributed by atoms with Crippen LogP contribution in [0.3, 0.4) is 0 Å². The van der Waals surface area contributed by atoms with Crippen LogP contribution in [0.5, 0.6) is 0 Å². The quantitative estimate of drug-likeness (QED) is 0.744. The van der Waals surface area contributed by atoms with Gasteiger partial charge >= 0.3 is 0 Å². The maximum Gasteiger partial charge on any atom is 0.0801 e. The largest absolute Gasteiger partial charge is 0.550 e. The number of rotatable bonds is 6. The summed E-state index contributed by atoms with van der Waals surface area (Å²) in [5.41, 5.74) is 0. The fourth-order valence-corrected chi connectivity index (χ4v) is 2.41. The summed E-state index contributed by atoms with van der Waals surface area (Å²) in [5, 5.41) is 8.89. The van der Waals surface area contributed by atoms with Crippen LogP contribution in [-0.2, 0) is 4.79 Å². The first-order valence-electron chi connectivity index (χ1n) is 7.11. The van der Waals surface area contributed by atoms with Crippen molar-refractivity contribution in [1.82, 2.24) is 0 Å². The lowest BCUT2D eigenvalue weighted by molar-refractivity contribution is -0.889. The van der Waals surface area contributed by atoms with Gasteiger partial charge in [0.25, 0.3) is 0 Å². The molecule has 0 radical (unpaired) electrons. The summed E-state index contributed by atoms with van der Waals surface area (Å²) in [6, 6.07) is 0. The van der Waals surface area contributed by atoms with Crippen molar-refractivity contribution >= 4 is 5.97 Å². The van der Waals surface area contributed by atoms with E-state index >= 15 is 0 Å². The first kappa shape index (κ1) is 16.4. The number of likely N-dealkylation sites (tertiary alicyclic amines) is 1. The number of carbonyl (C=O) groups excluding carboxylic acids is 1. The van der Waals surface area contributed by atoms with Crippen molar-refractivity contribution in [2.75, 3.05) is 19.6 Å². The molecule has 0 aromatic rings. The molecule has 0 aliphatic carbocycles. The molecular weight excluding hydrogens is 214 g/mol. The molecule has 2 atom stereocenters. The van der Waals surface area contributed by atoms with Crippen LogP contribution in [-0.4, -0.2) is 25.6 Å². The number of unbranched alkanes of at least 4 members (excludes halogenated alkanes) is 2. The lowest BCUT2D eigenvalue weighted by Crippen LogP contribution is -3.10. The van der Waals surface area contributed by atoms with E-state index in [2.05, 4.69) is 13.8 Å². The molecule has 0 amide bonds. The van der Waals surface area contributed by atoms with Crippen LogP contribution in [0.1, 0.15) is 59.3 Å². The molecule has 0 aromatic carbocycles. The predicted octanol–water partition coefficient (Wildman–Crippen LogP) is 0.638. The molecule has 0 saturated carbocycles. The van der Waals surface area contributed by atoms with Crippen LogP contribution in [0, 0.1) is 5.92 Å². The Morgan fingerprint density at radius 2 is 1.88 bits per heavy atom. The molecule has 1 saturated heterocycles. The highest BCUT2D eigenvalue weighted by Crippen LogP contribution is 2.12. The van der Waals surface area contributed by atoms with Gasteiger partial charge in [0, 0.05) is 18.3 Å². The Hall–Kier alpha value is -0.570. The number of carboxylic acid groups (broad SMARTS) is 1. The summed E-state index contributed by atoms with van der Waals surface area (Å²) in [5.74, 6) is -0.0215. The van der Waals surface area contributed by atoms with E-state index in [0.717, 1.165) is 12.8 Å². The molecule has 3 nitrogen and oxygen atoms in total. The molecule has 1 fully saturated rings. The minimum absolute atomic E-state index is 0.972. The highest BCUT2D eigenvalue weighted by Gasteiger charge is 2.24. The third-order valence-corrected chi connectivity index (χ3v) is 3.33. The summed E-state index contributed by atoms with van der Waals surface area (Å²) in [4.78, 5) is 10.8. The van der Waals surface area contributed by atoms with E-state index in [-0.39, 0.29) is 0 Å². The Kier molecular flexibility index (Phi) is 10.2. The minimum Gasteiger partial charge on any atom is -0.550 e. The monoisotopic (exact) mass is 243 g/mol. The first-order chi connectivity index (χ1) is 8.10. The topological polar surface area (TPSA) is 44.6 Å². The average molecular weight is 243 g/mol. The zero-order valence-corrected chi connectivity index (χ0v) is 11.8. The van der Waals surface area contributed by atoms with Crippen molar-refractivity contribution < 1.29 is 14.8 Å². The van der Waals surface area contributed by atoms with Gasteiger partial charge in [0.05, 0.1) is 19.6 Å². The van der Waals surface area contributed by atoms with Crippen molar-refractivity contribution in [2.45, 2.75) is 59.3 Å². The van der Waals surface area contributed by atoms with Crippen LogP contribution in [0.2, 0.25) is 0 Å². The van der Waals surface area contributed by atoms with Crippen molar-refractivity contribution in [2.24, 2.45) is 5.92 Å². The van der Waals surface area contributed by atoms with E-state index in [0.29, 0.717) is 0 Å². The molecule has 0 spiro atoms. The van der Waals surface area contributed by atoms with Gasteiger partial charge in [-0.25, -0.2) is 0 Å². The van der Waals surface area contributed by atoms with Crippen molar-refractivity contribution in [1.29, 1.82) is 0 Å². The average Bonchev–Trinajstić information content (AvgIpc) is 2.70. The van der Waals surface area contributed by atoms with Gasteiger partial charge in [-0.05, 0) is 19.8 Å². The summed E-state index contributed by atoms with van der Waals surface area (Å²) in [6.07, 6.45) is 8.61. The fraction of sp³-hybridized carbons (Fsp3) is 0.929. The third kappa shape index (κ3) is 10.3. The van der Waals surface area contributed by atoms with Crippen LogP contribution >= 0.6 is 0 Å². The zero-order valence-electron chi connectivity index (χ0n) is 11.8. The maximum absolute atomic E-state index is 8.89. The Balaban J connectivity index is 0.000000557. The van der Waals surface area contributed by atoms with Gasteiger partial charge in [-0.3, -0.25) is 0 Å². The highest BCUT2D eigenvalue weighted by atomic mass is 16.4. The molecule has 1 rings (SSSR count). The third-order valence-electron chi connectivity index (χ3n) is 3.33. The molecule has 1 aliphatic rings. The van der Waals surface area contributed by atoms with Crippen molar-refractivity contribution in [3.63, 3.8) is 0 Å². The van der Waals surface area contributed by atoms with Gasteiger partial charge in [-0.15, -0.1) is 0 Å². The standard InChI is InChI=1S/C12H25N.C2H4O2/c1-3-5-7-12-8-10-13(11-12)9-6-4-2;1-2(3)4/h12H,3-11H2,1-2H3;1H3,(H,3,4). The first-order valence-corrected chi connectivity index (χ1v) is 7.11. The van der Waals surface area contributed by atoms with E-state index in [1.54, 1.807) is 0 Å². The number of hydrogen-bond acceptors (Lipinski definition) is 2. The second kappa shape index (κ2) is 10.6. The van der Waals surface area contributed by atoms with Gasteiger partial charge < -0.3 is 14.8 Å². The van der Waals surface area contributed by atoms with E-state index in [1.807, 2.05) is 4.90 Å². The molecule has 3 heteroatoms. The number of carbonyl (C=O) groups is 1. The minimum atomic E-state index is -1.08. The summed E-state index contributed by atoms with van der Waals surface area (Å²) >= 11 is 0. The van der Waals surface area contributed by atoms with Gasteiger partial charge in [-0.1, -0.05) is 33.1 Å². The Morgan fingerprint density at radius 3 is 2.41 bits per heavy atom. The summed E-state index contributed by atoms with van der Waals surface area (Å²) < 4.78 is 0. The highest BCUT2D eigenvalue weighted by molar-refractivity contribution is 5.60. The Labute approximate surface area is 106 Å². The van der Waals surface area contributed by atoms with E-state index in [4.69, 9.17) is 9.90 Å². The molecule has 1 heterocycles. The van der Waals surface area contributed by atoms with Crippen LogP contribution < -0.4 is 10.0 Å². The second-order valence-corrected chi connectivity index (χ2v) is 5.10. The van der Waals surface area contributed by atoms with Gasteiger partial charge in [0.2, 0.25) is 0 Å². The molecule has 1 aliphatic heterocycles. The molecule has 0 bridgehead atoms. The Morgan fingerprint density at radius 1 is 1.29 bits per heavy atom. The van der Waals surface area contributed by atoms with Gasteiger partial charge in [0.1, 0.15) is 0 Å². The number of aliphatic carboxylic acids is 1. The van der Waals surface area contributed by atoms with Crippen molar-refractivity contribution in [3.05, 3.63) is 0 Å². The molecule has 17 heavy (non-hydrogen) atoms. The smallest absolute Gasteiger partial charge is 0.0801 e. The molecule has 0 aromatic heterocycles. The number of quaternary nitrogens is 1. The van der Waals surface area contributed by atoms with Gasteiger partial charge in [0.15, 0.2) is 0 Å². The van der Waals surface area contributed by atoms with E-state index in [1.165, 1.54) is 58.2 Å². The van der Waals surface area contributed by atoms with E-state index < -0.39 is 5.97 Å². The van der Waals surface area contributed by atoms with Crippen LogP contribution in [0.15, 0.2) is 0 Å². The lowest BCUT2D eigenvalue weighted by atomic mass is 10.0. The van der Waals surface area contributed by atoms with Crippen molar-refractivity contribution in [3.8, 4) is 0 Å². The molecular formula is C14H29NO2. The summed E-state index contributed by atoms with van der Waals surface area (Å²) in [6.45, 7) is 9.92. The Bertz CT molecular complexity index is 177. The fourth-order valence-electron chi connectivity index (χ4n) is 2.41. The predicted molar refractivity (Wildman–Crippen MR) is 68.8 cm³/mol. The maximum atomic E-state index is 8.89. The zero-order chi connectivity index (χ0) is 13.1. The number of hydrogen-bond donors (Lipinski definition) is 1. The molecule has 1 N–H and O–H groups in total. The lowest BCUT2D eigenvalue weighted by Gasteiger charge is -2.12. The van der Waals surface area contributed by atoms with Gasteiger partial charge in [-0.2, -0.15) is 0 Å².